The molecule has 1 aliphatic heterocycles. The molecule has 5 nitrogen and oxygen atoms in total. The van der Waals surface area contributed by atoms with Gasteiger partial charge in [0.1, 0.15) is 16.2 Å². The van der Waals surface area contributed by atoms with Crippen LogP contribution < -0.4 is 10.6 Å². The summed E-state index contributed by atoms with van der Waals surface area (Å²) in [6.45, 7) is 4.42. The molecule has 0 saturated carbocycles. The number of rotatable bonds is 3. The first-order valence-corrected chi connectivity index (χ1v) is 10.0. The molecular formula is C13H19N3O2S3. The first-order chi connectivity index (χ1) is 9.71. The lowest BCUT2D eigenvalue weighted by molar-refractivity contribution is 0.583. The molecule has 0 bridgehead atoms. The normalized spacial score (nSPS) is 19.6. The summed E-state index contributed by atoms with van der Waals surface area (Å²) in [5.41, 5.74) is 8.27. The molecule has 0 aromatic carbocycles. The lowest BCUT2D eigenvalue weighted by Crippen LogP contribution is -2.48. The van der Waals surface area contributed by atoms with Crippen molar-refractivity contribution in [1.29, 1.82) is 0 Å². The van der Waals surface area contributed by atoms with Gasteiger partial charge in [0.25, 0.3) is 0 Å². The van der Waals surface area contributed by atoms with Crippen molar-refractivity contribution in [2.75, 3.05) is 29.2 Å². The van der Waals surface area contributed by atoms with Gasteiger partial charge in [-0.3, -0.25) is 0 Å². The van der Waals surface area contributed by atoms with E-state index in [1.165, 1.54) is 6.26 Å². The Balaban J connectivity index is 2.60. The Morgan fingerprint density at radius 1 is 1.52 bits per heavy atom. The molecule has 0 spiro atoms. The molecule has 1 fully saturated rings. The summed E-state index contributed by atoms with van der Waals surface area (Å²) >= 11 is 6.78. The Bertz CT molecular complexity index is 673. The van der Waals surface area contributed by atoms with Crippen LogP contribution in [0.1, 0.15) is 16.8 Å². The van der Waals surface area contributed by atoms with Crippen LogP contribution in [0.2, 0.25) is 0 Å². The standard InChI is InChI=1S/C13H19N3O2S3/c1-8-6-9(2)15-13(11(8)12(14)19)16-4-5-20-7-10(16)21(3,17)18/h6,10H,4-5,7H2,1-3H3,(H2,14,19). The number of hydrogen-bond donors (Lipinski definition) is 1. The van der Waals surface area contributed by atoms with E-state index < -0.39 is 15.2 Å². The topological polar surface area (TPSA) is 76.3 Å². The number of thiocarbonyl (C=S) groups is 1. The summed E-state index contributed by atoms with van der Waals surface area (Å²) in [5.74, 6) is 1.98. The minimum Gasteiger partial charge on any atom is -0.389 e. The third kappa shape index (κ3) is 3.49. The maximum Gasteiger partial charge on any atom is 0.169 e. The molecule has 1 aromatic rings. The second-order valence-corrected chi connectivity index (χ2v) is 8.99. The number of aryl methyl sites for hydroxylation is 2. The van der Waals surface area contributed by atoms with E-state index in [1.54, 1.807) is 11.8 Å². The van der Waals surface area contributed by atoms with Crippen molar-refractivity contribution in [3.05, 3.63) is 22.9 Å². The molecule has 0 radical (unpaired) electrons. The number of anilines is 1. The van der Waals surface area contributed by atoms with Crippen molar-refractivity contribution >= 4 is 44.6 Å². The SMILES string of the molecule is Cc1cc(C)c(C(N)=S)c(N2CCSCC2S(C)(=O)=O)n1. The fraction of sp³-hybridized carbons (Fsp3) is 0.538. The lowest BCUT2D eigenvalue weighted by atomic mass is 10.1. The molecule has 116 valence electrons. The first-order valence-electron chi connectivity index (χ1n) is 6.53. The average Bonchev–Trinajstić information content (AvgIpc) is 2.36. The van der Waals surface area contributed by atoms with Gasteiger partial charge in [0.2, 0.25) is 0 Å². The number of sulfone groups is 1. The Kier molecular flexibility index (Phi) is 4.79. The predicted octanol–water partition coefficient (Wildman–Crippen LogP) is 1.26. The van der Waals surface area contributed by atoms with Crippen LogP contribution in [0.3, 0.4) is 0 Å². The zero-order chi connectivity index (χ0) is 15.8. The summed E-state index contributed by atoms with van der Waals surface area (Å²) in [7, 11) is -3.21. The van der Waals surface area contributed by atoms with Crippen molar-refractivity contribution in [2.45, 2.75) is 19.2 Å². The molecular weight excluding hydrogens is 326 g/mol. The summed E-state index contributed by atoms with van der Waals surface area (Å²) in [6.07, 6.45) is 1.26. The highest BCUT2D eigenvalue weighted by Gasteiger charge is 2.33. The van der Waals surface area contributed by atoms with Crippen LogP contribution in [0.5, 0.6) is 0 Å². The van der Waals surface area contributed by atoms with Gasteiger partial charge in [-0.1, -0.05) is 12.2 Å². The molecule has 8 heteroatoms. The van der Waals surface area contributed by atoms with Crippen LogP contribution in [0.15, 0.2) is 6.07 Å². The highest BCUT2D eigenvalue weighted by atomic mass is 32.2. The van der Waals surface area contributed by atoms with E-state index in [-0.39, 0.29) is 4.99 Å². The zero-order valence-electron chi connectivity index (χ0n) is 12.3. The molecule has 1 saturated heterocycles. The molecule has 2 rings (SSSR count). The zero-order valence-corrected chi connectivity index (χ0v) is 14.7. The van der Waals surface area contributed by atoms with Crippen LogP contribution in [-0.4, -0.2) is 48.1 Å². The molecule has 1 aliphatic rings. The van der Waals surface area contributed by atoms with Gasteiger partial charge in [0.15, 0.2) is 9.84 Å². The van der Waals surface area contributed by atoms with E-state index in [0.717, 1.165) is 17.0 Å². The van der Waals surface area contributed by atoms with E-state index in [0.29, 0.717) is 23.7 Å². The molecule has 2 N–H and O–H groups in total. The van der Waals surface area contributed by atoms with E-state index in [9.17, 15) is 8.42 Å². The summed E-state index contributed by atoms with van der Waals surface area (Å²) in [5, 5.41) is -0.585. The van der Waals surface area contributed by atoms with Gasteiger partial charge in [-0.2, -0.15) is 11.8 Å². The van der Waals surface area contributed by atoms with Gasteiger partial charge in [0, 0.05) is 30.0 Å². The molecule has 1 aromatic heterocycles. The van der Waals surface area contributed by atoms with Crippen molar-refractivity contribution in [3.8, 4) is 0 Å². The predicted molar refractivity (Wildman–Crippen MR) is 92.9 cm³/mol. The molecule has 0 aliphatic carbocycles. The molecule has 1 atom stereocenters. The highest BCUT2D eigenvalue weighted by molar-refractivity contribution is 8.01. The van der Waals surface area contributed by atoms with Crippen molar-refractivity contribution in [2.24, 2.45) is 5.73 Å². The van der Waals surface area contributed by atoms with E-state index in [1.807, 2.05) is 24.8 Å². The second kappa shape index (κ2) is 6.10. The number of thioether (sulfide) groups is 1. The van der Waals surface area contributed by atoms with Crippen LogP contribution in [0.4, 0.5) is 5.82 Å². The summed E-state index contributed by atoms with van der Waals surface area (Å²) in [4.78, 5) is 6.61. The summed E-state index contributed by atoms with van der Waals surface area (Å²) < 4.78 is 24.1. The summed E-state index contributed by atoms with van der Waals surface area (Å²) in [6, 6.07) is 1.91. The minimum atomic E-state index is -3.21. The first kappa shape index (κ1) is 16.5. The van der Waals surface area contributed by atoms with Crippen molar-refractivity contribution in [3.63, 3.8) is 0 Å². The van der Waals surface area contributed by atoms with Gasteiger partial charge in [-0.05, 0) is 25.5 Å². The largest absolute Gasteiger partial charge is 0.389 e. The van der Waals surface area contributed by atoms with Crippen LogP contribution >= 0.6 is 24.0 Å². The lowest BCUT2D eigenvalue weighted by Gasteiger charge is -2.36. The quantitative estimate of drug-likeness (QED) is 0.826. The Hall–Kier alpha value is -0.860. The van der Waals surface area contributed by atoms with E-state index in [2.05, 4.69) is 4.98 Å². The smallest absolute Gasteiger partial charge is 0.169 e. The number of aromatic nitrogens is 1. The van der Waals surface area contributed by atoms with Gasteiger partial charge >= 0.3 is 0 Å². The van der Waals surface area contributed by atoms with E-state index >= 15 is 0 Å². The fourth-order valence-electron chi connectivity index (χ4n) is 2.51. The third-order valence-corrected chi connectivity index (χ3v) is 6.27. The number of pyridine rings is 1. The van der Waals surface area contributed by atoms with Gasteiger partial charge in [-0.25, -0.2) is 13.4 Å². The molecule has 1 unspecified atom stereocenters. The molecule has 21 heavy (non-hydrogen) atoms. The Morgan fingerprint density at radius 2 is 2.19 bits per heavy atom. The maximum absolute atomic E-state index is 12.1. The molecule has 0 amide bonds. The Morgan fingerprint density at radius 3 is 2.76 bits per heavy atom. The highest BCUT2D eigenvalue weighted by Crippen LogP contribution is 2.30. The van der Waals surface area contributed by atoms with Gasteiger partial charge in [-0.15, -0.1) is 0 Å². The Labute approximate surface area is 135 Å². The number of nitrogens with zero attached hydrogens (tertiary/aromatic N) is 2. The number of hydrogen-bond acceptors (Lipinski definition) is 6. The third-order valence-electron chi connectivity index (χ3n) is 3.42. The van der Waals surface area contributed by atoms with Crippen LogP contribution in [-0.2, 0) is 9.84 Å². The van der Waals surface area contributed by atoms with Gasteiger partial charge < -0.3 is 10.6 Å². The van der Waals surface area contributed by atoms with Gasteiger partial charge in [0.05, 0.1) is 5.56 Å². The maximum atomic E-state index is 12.1. The monoisotopic (exact) mass is 345 g/mol. The fourth-order valence-corrected chi connectivity index (χ4v) is 5.58. The van der Waals surface area contributed by atoms with Crippen molar-refractivity contribution in [1.82, 2.24) is 4.98 Å². The second-order valence-electron chi connectivity index (χ2n) is 5.20. The number of nitrogens with two attached hydrogens (primary N) is 1. The minimum absolute atomic E-state index is 0.250. The van der Waals surface area contributed by atoms with Crippen LogP contribution in [0.25, 0.3) is 0 Å². The average molecular weight is 346 g/mol. The van der Waals surface area contributed by atoms with Crippen LogP contribution in [0, 0.1) is 13.8 Å². The van der Waals surface area contributed by atoms with Crippen molar-refractivity contribution < 1.29 is 8.42 Å². The molecule has 2 heterocycles. The van der Waals surface area contributed by atoms with E-state index in [4.69, 9.17) is 18.0 Å².